The molecule has 172 valence electrons. The Bertz CT molecular complexity index is 597. The van der Waals surface area contributed by atoms with Gasteiger partial charge < -0.3 is 33.2 Å². The number of carbonyl (C=O) groups excluding carboxylic acids is 4. The normalized spacial score (nSPS) is 25.8. The highest BCUT2D eigenvalue weighted by molar-refractivity contribution is 6.17. The summed E-state index contributed by atoms with van der Waals surface area (Å²) in [5, 5.41) is 0. The molecular formula is C18H27ClO11. The molecule has 0 aromatic carbocycles. The van der Waals surface area contributed by atoms with E-state index in [0.717, 1.165) is 20.8 Å². The molecule has 0 bridgehead atoms. The summed E-state index contributed by atoms with van der Waals surface area (Å²) in [7, 11) is 0. The van der Waals surface area contributed by atoms with Crippen LogP contribution in [0.15, 0.2) is 0 Å². The average molecular weight is 455 g/mol. The van der Waals surface area contributed by atoms with Crippen LogP contribution in [-0.2, 0) is 52.3 Å². The molecule has 1 saturated heterocycles. The number of carbonyl (C=O) groups is 4. The van der Waals surface area contributed by atoms with E-state index in [4.69, 9.17) is 44.8 Å². The number of alkyl halides is 1. The van der Waals surface area contributed by atoms with Crippen LogP contribution in [0, 0.1) is 0 Å². The summed E-state index contributed by atoms with van der Waals surface area (Å²) in [6.07, 6.45) is -6.01. The number of ether oxygens (including phenoxy) is 7. The summed E-state index contributed by atoms with van der Waals surface area (Å²) in [6, 6.07) is 0. The molecule has 0 aromatic rings. The highest BCUT2D eigenvalue weighted by atomic mass is 35.5. The zero-order chi connectivity index (χ0) is 22.7. The van der Waals surface area contributed by atoms with Gasteiger partial charge in [-0.2, -0.15) is 0 Å². The van der Waals surface area contributed by atoms with Gasteiger partial charge in [0.2, 0.25) is 0 Å². The molecule has 1 heterocycles. The molecule has 0 aliphatic carbocycles. The Labute approximate surface area is 179 Å². The minimum Gasteiger partial charge on any atom is -0.463 e. The van der Waals surface area contributed by atoms with Crippen molar-refractivity contribution in [2.75, 3.05) is 32.3 Å². The standard InChI is InChI=1S/C18H27ClO11/c1-10(20)26-9-14-15(27-11(2)21)16(28-12(3)22)17(29-13(4)23)18(30-14)25-8-7-24-6-5-19/h14-18H,5-9H2,1-4H3/t14-,15+,16+,17-,18-/m1/s1. The number of halogens is 1. The van der Waals surface area contributed by atoms with Crippen LogP contribution >= 0.6 is 11.6 Å². The lowest BCUT2D eigenvalue weighted by molar-refractivity contribution is -0.309. The molecule has 1 fully saturated rings. The van der Waals surface area contributed by atoms with Crippen molar-refractivity contribution in [1.82, 2.24) is 0 Å². The van der Waals surface area contributed by atoms with Gasteiger partial charge in [-0.05, 0) is 0 Å². The molecule has 0 unspecified atom stereocenters. The second kappa shape index (κ2) is 13.4. The van der Waals surface area contributed by atoms with Crippen molar-refractivity contribution in [3.8, 4) is 0 Å². The number of hydrogen-bond donors (Lipinski definition) is 0. The minimum absolute atomic E-state index is 0.0324. The molecule has 1 rings (SSSR count). The monoisotopic (exact) mass is 454 g/mol. The van der Waals surface area contributed by atoms with Gasteiger partial charge in [0, 0.05) is 33.6 Å². The molecule has 12 heteroatoms. The highest BCUT2D eigenvalue weighted by Crippen LogP contribution is 2.29. The molecule has 11 nitrogen and oxygen atoms in total. The predicted molar refractivity (Wildman–Crippen MR) is 99.4 cm³/mol. The molecule has 1 aliphatic rings. The fourth-order valence-corrected chi connectivity index (χ4v) is 2.81. The molecular weight excluding hydrogens is 428 g/mol. The van der Waals surface area contributed by atoms with Crippen molar-refractivity contribution in [2.45, 2.75) is 58.4 Å². The zero-order valence-corrected chi connectivity index (χ0v) is 18.0. The SMILES string of the molecule is CC(=O)OC[C@H]1O[C@@H](OCCOCCCl)[C@H](OC(C)=O)[C@@H](OC(C)=O)[C@H]1OC(C)=O. The van der Waals surface area contributed by atoms with E-state index in [1.54, 1.807) is 0 Å². The summed E-state index contributed by atoms with van der Waals surface area (Å²) in [4.78, 5) is 46.2. The molecule has 0 saturated carbocycles. The third-order valence-electron chi connectivity index (χ3n) is 3.68. The topological polar surface area (TPSA) is 133 Å². The van der Waals surface area contributed by atoms with Crippen molar-refractivity contribution in [1.29, 1.82) is 0 Å². The third kappa shape index (κ3) is 9.24. The number of hydrogen-bond acceptors (Lipinski definition) is 11. The second-order valence-electron chi connectivity index (χ2n) is 6.24. The summed E-state index contributed by atoms with van der Waals surface area (Å²) in [5.41, 5.74) is 0. The number of rotatable bonds is 11. The van der Waals surface area contributed by atoms with Crippen molar-refractivity contribution in [3.05, 3.63) is 0 Å². The highest BCUT2D eigenvalue weighted by Gasteiger charge is 2.52. The van der Waals surface area contributed by atoms with E-state index >= 15 is 0 Å². The van der Waals surface area contributed by atoms with Crippen molar-refractivity contribution in [3.63, 3.8) is 0 Å². The van der Waals surface area contributed by atoms with Crippen LogP contribution in [0.5, 0.6) is 0 Å². The zero-order valence-electron chi connectivity index (χ0n) is 17.3. The lowest BCUT2D eigenvalue weighted by Crippen LogP contribution is -2.63. The maximum absolute atomic E-state index is 11.7. The van der Waals surface area contributed by atoms with Gasteiger partial charge in [-0.15, -0.1) is 11.6 Å². The van der Waals surface area contributed by atoms with Gasteiger partial charge in [-0.25, -0.2) is 0 Å². The van der Waals surface area contributed by atoms with Crippen LogP contribution in [0.25, 0.3) is 0 Å². The van der Waals surface area contributed by atoms with Gasteiger partial charge in [0.25, 0.3) is 0 Å². The van der Waals surface area contributed by atoms with Crippen molar-refractivity contribution in [2.24, 2.45) is 0 Å². The van der Waals surface area contributed by atoms with E-state index in [9.17, 15) is 19.2 Å². The molecule has 0 N–H and O–H groups in total. The third-order valence-corrected chi connectivity index (χ3v) is 3.83. The van der Waals surface area contributed by atoms with Gasteiger partial charge in [-0.3, -0.25) is 19.2 Å². The quantitative estimate of drug-likeness (QED) is 0.185. The summed E-state index contributed by atoms with van der Waals surface area (Å²) < 4.78 is 37.3. The van der Waals surface area contributed by atoms with Crippen LogP contribution in [0.3, 0.4) is 0 Å². The van der Waals surface area contributed by atoms with Gasteiger partial charge in [0.1, 0.15) is 12.7 Å². The molecule has 0 amide bonds. The largest absolute Gasteiger partial charge is 0.463 e. The maximum atomic E-state index is 11.7. The van der Waals surface area contributed by atoms with Crippen LogP contribution in [0.2, 0.25) is 0 Å². The number of esters is 4. The van der Waals surface area contributed by atoms with Crippen molar-refractivity contribution < 1.29 is 52.3 Å². The first-order valence-corrected chi connectivity index (χ1v) is 9.75. The Morgan fingerprint density at radius 2 is 1.33 bits per heavy atom. The lowest BCUT2D eigenvalue weighted by Gasteiger charge is -2.44. The van der Waals surface area contributed by atoms with E-state index in [-0.39, 0.29) is 19.8 Å². The lowest BCUT2D eigenvalue weighted by atomic mass is 9.98. The Morgan fingerprint density at radius 3 is 1.87 bits per heavy atom. The predicted octanol–water partition coefficient (Wildman–Crippen LogP) is 0.342. The first-order valence-electron chi connectivity index (χ1n) is 9.21. The van der Waals surface area contributed by atoms with Crippen LogP contribution < -0.4 is 0 Å². The van der Waals surface area contributed by atoms with Gasteiger partial charge in [0.05, 0.1) is 19.8 Å². The summed E-state index contributed by atoms with van der Waals surface area (Å²) >= 11 is 5.53. The molecule has 1 aliphatic heterocycles. The molecule has 0 radical (unpaired) electrons. The molecule has 0 spiro atoms. The Balaban J connectivity index is 3.13. The molecule has 5 atom stereocenters. The first-order chi connectivity index (χ1) is 14.1. The van der Waals surface area contributed by atoms with Gasteiger partial charge >= 0.3 is 23.9 Å². The van der Waals surface area contributed by atoms with Crippen LogP contribution in [-0.4, -0.2) is 86.9 Å². The second-order valence-corrected chi connectivity index (χ2v) is 6.62. The van der Waals surface area contributed by atoms with E-state index in [0.29, 0.717) is 12.5 Å². The van der Waals surface area contributed by atoms with Gasteiger partial charge in [-0.1, -0.05) is 0 Å². The maximum Gasteiger partial charge on any atom is 0.303 e. The fraction of sp³-hybridized carbons (Fsp3) is 0.778. The summed E-state index contributed by atoms with van der Waals surface area (Å²) in [5.74, 6) is -2.42. The minimum atomic E-state index is -1.27. The van der Waals surface area contributed by atoms with E-state index < -0.39 is 54.6 Å². The Morgan fingerprint density at radius 1 is 0.767 bits per heavy atom. The van der Waals surface area contributed by atoms with Crippen LogP contribution in [0.1, 0.15) is 27.7 Å². The molecule has 0 aromatic heterocycles. The van der Waals surface area contributed by atoms with Crippen molar-refractivity contribution >= 4 is 35.5 Å². The smallest absolute Gasteiger partial charge is 0.303 e. The van der Waals surface area contributed by atoms with E-state index in [1.165, 1.54) is 6.92 Å². The Kier molecular flexibility index (Phi) is 11.6. The summed E-state index contributed by atoms with van der Waals surface area (Å²) in [6.45, 7) is 4.82. The van der Waals surface area contributed by atoms with Gasteiger partial charge in [0.15, 0.2) is 24.6 Å². The van der Waals surface area contributed by atoms with E-state index in [2.05, 4.69) is 0 Å². The molecule has 30 heavy (non-hydrogen) atoms. The average Bonchev–Trinajstić information content (AvgIpc) is 2.63. The van der Waals surface area contributed by atoms with E-state index in [1.807, 2.05) is 0 Å². The van der Waals surface area contributed by atoms with Crippen LogP contribution in [0.4, 0.5) is 0 Å². The Hall–Kier alpha value is -1.95. The first kappa shape index (κ1) is 26.1. The fourth-order valence-electron chi connectivity index (χ4n) is 2.70.